The average molecular weight is 255 g/mol. The van der Waals surface area contributed by atoms with Crippen LogP contribution in [-0.2, 0) is 0 Å². The molecule has 17 heavy (non-hydrogen) atoms. The molecule has 2 rings (SSSR count). The Kier molecular flexibility index (Phi) is 3.42. The molecule has 6 nitrogen and oxygen atoms in total. The maximum Gasteiger partial charge on any atom is 0.199 e. The number of nitrogens with one attached hydrogen (secondary N) is 1. The van der Waals surface area contributed by atoms with E-state index < -0.39 is 0 Å². The van der Waals surface area contributed by atoms with E-state index in [0.717, 1.165) is 18.7 Å². The van der Waals surface area contributed by atoms with Gasteiger partial charge in [-0.3, -0.25) is 4.98 Å². The Labute approximate surface area is 104 Å². The minimum Gasteiger partial charge on any atom is -0.363 e. The molecule has 0 amide bonds. The van der Waals surface area contributed by atoms with E-state index in [-0.39, 0.29) is 5.54 Å². The Bertz CT molecular complexity index is 498. The van der Waals surface area contributed by atoms with Gasteiger partial charge in [0.15, 0.2) is 11.5 Å². The van der Waals surface area contributed by atoms with Crippen LogP contribution in [0.1, 0.15) is 26.7 Å². The zero-order valence-electron chi connectivity index (χ0n) is 9.89. The molecular formula is C10H15ClN6. The third-order valence-corrected chi connectivity index (χ3v) is 3.15. The fourth-order valence-electron chi connectivity index (χ4n) is 1.61. The van der Waals surface area contributed by atoms with Crippen molar-refractivity contribution in [3.63, 3.8) is 0 Å². The number of hydrogen-bond acceptors (Lipinski definition) is 5. The predicted octanol–water partition coefficient (Wildman–Crippen LogP) is 1.73. The highest BCUT2D eigenvalue weighted by atomic mass is 35.5. The third kappa shape index (κ3) is 2.46. The lowest BCUT2D eigenvalue weighted by Crippen LogP contribution is -2.35. The zero-order chi connectivity index (χ0) is 12.3. The van der Waals surface area contributed by atoms with Crippen LogP contribution < -0.4 is 5.32 Å². The molecule has 1 atom stereocenters. The number of tetrazole rings is 1. The SMILES string of the molecule is CCC(C)(CCCl)Nc1cncc2nnnn12. The Hall–Kier alpha value is -1.43. The summed E-state index contributed by atoms with van der Waals surface area (Å²) in [5, 5.41) is 14.8. The molecule has 1 N–H and O–H groups in total. The van der Waals surface area contributed by atoms with Gasteiger partial charge in [0.05, 0.1) is 12.4 Å². The molecule has 0 saturated heterocycles. The quantitative estimate of drug-likeness (QED) is 0.823. The maximum atomic E-state index is 5.83. The lowest BCUT2D eigenvalue weighted by molar-refractivity contribution is 0.477. The zero-order valence-corrected chi connectivity index (χ0v) is 10.6. The van der Waals surface area contributed by atoms with E-state index in [9.17, 15) is 0 Å². The molecule has 0 aliphatic heterocycles. The monoisotopic (exact) mass is 254 g/mol. The van der Waals surface area contributed by atoms with Gasteiger partial charge in [-0.1, -0.05) is 6.92 Å². The van der Waals surface area contributed by atoms with Gasteiger partial charge in [-0.2, -0.15) is 4.52 Å². The highest BCUT2D eigenvalue weighted by molar-refractivity contribution is 6.17. The molecule has 0 aliphatic rings. The van der Waals surface area contributed by atoms with Gasteiger partial charge in [-0.25, -0.2) is 0 Å². The first kappa shape index (κ1) is 12.0. The number of nitrogens with zero attached hydrogens (tertiary/aromatic N) is 5. The van der Waals surface area contributed by atoms with Crippen LogP contribution in [0.2, 0.25) is 0 Å². The highest BCUT2D eigenvalue weighted by Crippen LogP contribution is 2.21. The molecule has 0 saturated carbocycles. The largest absolute Gasteiger partial charge is 0.363 e. The van der Waals surface area contributed by atoms with Crippen molar-refractivity contribution in [1.82, 2.24) is 25.0 Å². The van der Waals surface area contributed by atoms with E-state index >= 15 is 0 Å². The number of alkyl halides is 1. The van der Waals surface area contributed by atoms with Crippen molar-refractivity contribution < 1.29 is 0 Å². The maximum absolute atomic E-state index is 5.83. The van der Waals surface area contributed by atoms with Gasteiger partial charge in [0.25, 0.3) is 0 Å². The summed E-state index contributed by atoms with van der Waals surface area (Å²) in [7, 11) is 0. The molecule has 0 bridgehead atoms. The molecule has 0 radical (unpaired) electrons. The number of hydrogen-bond donors (Lipinski definition) is 1. The Morgan fingerprint density at radius 1 is 1.47 bits per heavy atom. The topological polar surface area (TPSA) is 68.0 Å². The average Bonchev–Trinajstić information content (AvgIpc) is 2.78. The van der Waals surface area contributed by atoms with E-state index in [1.807, 2.05) is 0 Å². The fraction of sp³-hybridized carbons (Fsp3) is 0.600. The number of aromatic nitrogens is 5. The van der Waals surface area contributed by atoms with Crippen LogP contribution in [0.25, 0.3) is 5.65 Å². The Balaban J connectivity index is 2.31. The van der Waals surface area contributed by atoms with Crippen LogP contribution in [0.3, 0.4) is 0 Å². The predicted molar refractivity (Wildman–Crippen MR) is 66.2 cm³/mol. The van der Waals surface area contributed by atoms with Crippen LogP contribution in [0, 0.1) is 0 Å². The van der Waals surface area contributed by atoms with Gasteiger partial charge in [0.2, 0.25) is 0 Å². The molecule has 2 aromatic heterocycles. The minimum absolute atomic E-state index is 0.0797. The first-order valence-corrected chi connectivity index (χ1v) is 6.08. The van der Waals surface area contributed by atoms with Crippen molar-refractivity contribution in [2.75, 3.05) is 11.2 Å². The molecule has 0 aromatic carbocycles. The summed E-state index contributed by atoms with van der Waals surface area (Å²) >= 11 is 5.83. The molecule has 1 unspecified atom stereocenters. The second-order valence-corrected chi connectivity index (χ2v) is 4.60. The smallest absolute Gasteiger partial charge is 0.199 e. The summed E-state index contributed by atoms with van der Waals surface area (Å²) in [5.74, 6) is 1.39. The number of rotatable bonds is 5. The number of halogens is 1. The molecule has 0 spiro atoms. The molecule has 0 fully saturated rings. The fourth-order valence-corrected chi connectivity index (χ4v) is 2.02. The molecule has 7 heteroatoms. The standard InChI is InChI=1S/C10H15ClN6/c1-3-10(2,4-5-11)13-8-6-12-7-9-14-15-16-17(8)9/h6-7,13H,3-5H2,1-2H3. The summed E-state index contributed by atoms with van der Waals surface area (Å²) in [6.45, 7) is 4.24. The first-order valence-electron chi connectivity index (χ1n) is 5.55. The number of anilines is 1. The Morgan fingerprint density at radius 3 is 3.00 bits per heavy atom. The van der Waals surface area contributed by atoms with E-state index in [2.05, 4.69) is 39.7 Å². The van der Waals surface area contributed by atoms with Crippen LogP contribution in [0.5, 0.6) is 0 Å². The van der Waals surface area contributed by atoms with Crippen LogP contribution in [-0.4, -0.2) is 36.4 Å². The lowest BCUT2D eigenvalue weighted by atomic mass is 9.95. The van der Waals surface area contributed by atoms with E-state index in [0.29, 0.717) is 11.5 Å². The van der Waals surface area contributed by atoms with Crippen LogP contribution >= 0.6 is 11.6 Å². The van der Waals surface area contributed by atoms with E-state index in [1.54, 1.807) is 16.9 Å². The third-order valence-electron chi connectivity index (χ3n) is 2.97. The minimum atomic E-state index is -0.0797. The van der Waals surface area contributed by atoms with Gasteiger partial charge in [0.1, 0.15) is 0 Å². The van der Waals surface area contributed by atoms with Crippen LogP contribution in [0.4, 0.5) is 5.82 Å². The summed E-state index contributed by atoms with van der Waals surface area (Å²) in [6.07, 6.45) is 5.16. The van der Waals surface area contributed by atoms with Gasteiger partial charge in [-0.05, 0) is 30.2 Å². The number of fused-ring (bicyclic) bond motifs is 1. The molecule has 0 aliphatic carbocycles. The second kappa shape index (κ2) is 4.83. The highest BCUT2D eigenvalue weighted by Gasteiger charge is 2.22. The summed E-state index contributed by atoms with van der Waals surface area (Å²) in [5.41, 5.74) is 0.545. The summed E-state index contributed by atoms with van der Waals surface area (Å²) in [6, 6.07) is 0. The summed E-state index contributed by atoms with van der Waals surface area (Å²) < 4.78 is 1.63. The lowest BCUT2D eigenvalue weighted by Gasteiger charge is -2.29. The van der Waals surface area contributed by atoms with E-state index in [4.69, 9.17) is 11.6 Å². The molecule has 92 valence electrons. The van der Waals surface area contributed by atoms with Crippen molar-refractivity contribution in [3.05, 3.63) is 12.4 Å². The van der Waals surface area contributed by atoms with Crippen molar-refractivity contribution in [3.8, 4) is 0 Å². The van der Waals surface area contributed by atoms with Crippen molar-refractivity contribution in [2.45, 2.75) is 32.2 Å². The normalized spacial score (nSPS) is 14.8. The second-order valence-electron chi connectivity index (χ2n) is 4.22. The molecule has 2 heterocycles. The van der Waals surface area contributed by atoms with E-state index in [1.165, 1.54) is 0 Å². The van der Waals surface area contributed by atoms with Crippen LogP contribution in [0.15, 0.2) is 12.4 Å². The first-order chi connectivity index (χ1) is 8.18. The Morgan fingerprint density at radius 2 is 2.29 bits per heavy atom. The van der Waals surface area contributed by atoms with Gasteiger partial charge in [-0.15, -0.1) is 16.7 Å². The van der Waals surface area contributed by atoms with Gasteiger partial charge in [0, 0.05) is 11.4 Å². The van der Waals surface area contributed by atoms with Gasteiger partial charge < -0.3 is 5.32 Å². The van der Waals surface area contributed by atoms with Crippen molar-refractivity contribution >= 4 is 23.1 Å². The van der Waals surface area contributed by atoms with Crippen molar-refractivity contribution in [2.24, 2.45) is 0 Å². The summed E-state index contributed by atoms with van der Waals surface area (Å²) in [4.78, 5) is 4.10. The molecule has 2 aromatic rings. The van der Waals surface area contributed by atoms with Gasteiger partial charge >= 0.3 is 0 Å². The van der Waals surface area contributed by atoms with Crippen molar-refractivity contribution in [1.29, 1.82) is 0 Å². The molecular weight excluding hydrogens is 240 g/mol.